The molecule has 2 heterocycles. The second-order valence-electron chi connectivity index (χ2n) is 5.50. The SMILES string of the molecule is CC(O)C1OC(N2C=CC(N)N(C)C2=O)C(C)(O)C1O. The molecule has 0 aromatic rings. The second kappa shape index (κ2) is 4.97. The molecule has 8 heteroatoms. The van der Waals surface area contributed by atoms with Gasteiger partial charge in [-0.15, -0.1) is 0 Å². The van der Waals surface area contributed by atoms with E-state index in [1.165, 1.54) is 32.0 Å². The summed E-state index contributed by atoms with van der Waals surface area (Å²) < 4.78 is 5.48. The Bertz CT molecular complexity index is 425. The topological polar surface area (TPSA) is 119 Å². The molecule has 6 atom stereocenters. The predicted molar refractivity (Wildman–Crippen MR) is 69.1 cm³/mol. The van der Waals surface area contributed by atoms with Crippen molar-refractivity contribution in [3.8, 4) is 0 Å². The van der Waals surface area contributed by atoms with Crippen molar-refractivity contribution in [2.75, 3.05) is 7.05 Å². The van der Waals surface area contributed by atoms with Crippen LogP contribution in [0.5, 0.6) is 0 Å². The summed E-state index contributed by atoms with van der Waals surface area (Å²) in [6.45, 7) is 2.81. The van der Waals surface area contributed by atoms with Crippen LogP contribution in [0, 0.1) is 0 Å². The summed E-state index contributed by atoms with van der Waals surface area (Å²) >= 11 is 0. The summed E-state index contributed by atoms with van der Waals surface area (Å²) in [5, 5.41) is 30.0. The van der Waals surface area contributed by atoms with Crippen LogP contribution in [0.1, 0.15) is 13.8 Å². The van der Waals surface area contributed by atoms with Crippen LogP contribution in [0.3, 0.4) is 0 Å². The van der Waals surface area contributed by atoms with Gasteiger partial charge in [0.05, 0.1) is 6.10 Å². The summed E-state index contributed by atoms with van der Waals surface area (Å²) in [4.78, 5) is 14.6. The fraction of sp³-hybridized carbons (Fsp3) is 0.750. The third kappa shape index (κ3) is 2.19. The van der Waals surface area contributed by atoms with Crippen LogP contribution in [0.25, 0.3) is 0 Å². The van der Waals surface area contributed by atoms with E-state index in [0.29, 0.717) is 0 Å². The lowest BCUT2D eigenvalue weighted by atomic mass is 9.94. The molecule has 114 valence electrons. The van der Waals surface area contributed by atoms with Gasteiger partial charge in [-0.1, -0.05) is 0 Å². The number of nitrogens with zero attached hydrogens (tertiary/aromatic N) is 2. The second-order valence-corrected chi connectivity index (χ2v) is 5.50. The number of likely N-dealkylation sites (N-methyl/N-ethyl adjacent to an activating group) is 1. The van der Waals surface area contributed by atoms with Crippen molar-refractivity contribution in [3.05, 3.63) is 12.3 Å². The lowest BCUT2D eigenvalue weighted by Gasteiger charge is -2.39. The summed E-state index contributed by atoms with van der Waals surface area (Å²) in [5.41, 5.74) is 3.99. The van der Waals surface area contributed by atoms with Gasteiger partial charge in [0.1, 0.15) is 24.0 Å². The fourth-order valence-corrected chi connectivity index (χ4v) is 2.43. The predicted octanol–water partition coefficient (Wildman–Crippen LogP) is -1.63. The summed E-state index contributed by atoms with van der Waals surface area (Å²) in [7, 11) is 1.52. The van der Waals surface area contributed by atoms with E-state index in [1.54, 1.807) is 6.08 Å². The van der Waals surface area contributed by atoms with E-state index < -0.39 is 42.3 Å². The molecule has 1 fully saturated rings. The van der Waals surface area contributed by atoms with Crippen LogP contribution in [0.15, 0.2) is 12.3 Å². The van der Waals surface area contributed by atoms with E-state index in [4.69, 9.17) is 10.5 Å². The molecule has 6 unspecified atom stereocenters. The molecule has 2 rings (SSSR count). The number of ether oxygens (including phenoxy) is 1. The van der Waals surface area contributed by atoms with Crippen molar-refractivity contribution in [2.45, 2.75) is 50.2 Å². The van der Waals surface area contributed by atoms with Gasteiger partial charge < -0.3 is 30.7 Å². The lowest BCUT2D eigenvalue weighted by Crippen LogP contribution is -2.59. The van der Waals surface area contributed by atoms with Gasteiger partial charge in [-0.3, -0.25) is 4.90 Å². The number of hydrogen-bond acceptors (Lipinski definition) is 6. The van der Waals surface area contributed by atoms with Crippen LogP contribution < -0.4 is 5.73 Å². The van der Waals surface area contributed by atoms with E-state index in [1.807, 2.05) is 0 Å². The number of urea groups is 1. The van der Waals surface area contributed by atoms with Crippen LogP contribution in [-0.2, 0) is 4.74 Å². The maximum absolute atomic E-state index is 12.2. The van der Waals surface area contributed by atoms with Gasteiger partial charge in [0.2, 0.25) is 0 Å². The Balaban J connectivity index is 2.29. The number of hydrogen-bond donors (Lipinski definition) is 4. The highest BCUT2D eigenvalue weighted by Gasteiger charge is 2.57. The van der Waals surface area contributed by atoms with Crippen molar-refractivity contribution < 1.29 is 24.9 Å². The number of carbonyl (C=O) groups is 1. The minimum Gasteiger partial charge on any atom is -0.391 e. The molecule has 0 aliphatic carbocycles. The molecule has 0 aromatic carbocycles. The molecule has 0 bridgehead atoms. The van der Waals surface area contributed by atoms with E-state index in [-0.39, 0.29) is 0 Å². The third-order valence-electron chi connectivity index (χ3n) is 3.84. The summed E-state index contributed by atoms with van der Waals surface area (Å²) in [6, 6.07) is -0.455. The first-order valence-electron chi connectivity index (χ1n) is 6.41. The smallest absolute Gasteiger partial charge is 0.327 e. The first-order valence-corrected chi connectivity index (χ1v) is 6.41. The normalized spacial score (nSPS) is 43.2. The van der Waals surface area contributed by atoms with E-state index in [0.717, 1.165) is 4.90 Å². The van der Waals surface area contributed by atoms with Crippen LogP contribution in [-0.4, -0.2) is 74.5 Å². The Labute approximate surface area is 117 Å². The zero-order chi connectivity index (χ0) is 15.2. The van der Waals surface area contributed by atoms with Crippen molar-refractivity contribution in [2.24, 2.45) is 5.73 Å². The number of carbonyl (C=O) groups excluding carboxylic acids is 1. The molecule has 2 aliphatic rings. The van der Waals surface area contributed by atoms with Gasteiger partial charge in [0.15, 0.2) is 6.23 Å². The van der Waals surface area contributed by atoms with Crippen LogP contribution >= 0.6 is 0 Å². The fourth-order valence-electron chi connectivity index (χ4n) is 2.43. The van der Waals surface area contributed by atoms with Gasteiger partial charge in [0, 0.05) is 13.2 Å². The first-order chi connectivity index (χ1) is 9.17. The van der Waals surface area contributed by atoms with Crippen molar-refractivity contribution in [1.82, 2.24) is 9.80 Å². The largest absolute Gasteiger partial charge is 0.391 e. The lowest BCUT2D eigenvalue weighted by molar-refractivity contribution is -0.114. The molecule has 5 N–H and O–H groups in total. The minimum atomic E-state index is -1.70. The number of aliphatic hydroxyl groups is 3. The molecule has 0 saturated carbocycles. The molecular formula is C12H21N3O5. The Morgan fingerprint density at radius 1 is 1.55 bits per heavy atom. The highest BCUT2D eigenvalue weighted by Crippen LogP contribution is 2.35. The molecule has 1 saturated heterocycles. The van der Waals surface area contributed by atoms with Crippen molar-refractivity contribution in [1.29, 1.82) is 0 Å². The zero-order valence-electron chi connectivity index (χ0n) is 11.7. The van der Waals surface area contributed by atoms with Gasteiger partial charge in [-0.05, 0) is 19.9 Å². The maximum atomic E-state index is 12.2. The van der Waals surface area contributed by atoms with Crippen LogP contribution in [0.2, 0.25) is 0 Å². The number of rotatable bonds is 2. The first kappa shape index (κ1) is 15.2. The van der Waals surface area contributed by atoms with E-state index in [9.17, 15) is 20.1 Å². The summed E-state index contributed by atoms with van der Waals surface area (Å²) in [6.07, 6.45) is -1.93. The molecule has 2 aliphatic heterocycles. The number of amides is 2. The van der Waals surface area contributed by atoms with Crippen molar-refractivity contribution in [3.63, 3.8) is 0 Å². The van der Waals surface area contributed by atoms with Gasteiger partial charge in [0.25, 0.3) is 0 Å². The van der Waals surface area contributed by atoms with E-state index >= 15 is 0 Å². The Morgan fingerprint density at radius 3 is 2.65 bits per heavy atom. The molecule has 8 nitrogen and oxygen atoms in total. The molecule has 2 amide bonds. The maximum Gasteiger partial charge on any atom is 0.327 e. The zero-order valence-corrected chi connectivity index (χ0v) is 11.7. The highest BCUT2D eigenvalue weighted by atomic mass is 16.6. The Kier molecular flexibility index (Phi) is 3.78. The average molecular weight is 287 g/mol. The minimum absolute atomic E-state index is 0.455. The van der Waals surface area contributed by atoms with E-state index in [2.05, 4.69) is 0 Å². The third-order valence-corrected chi connectivity index (χ3v) is 3.84. The van der Waals surface area contributed by atoms with Gasteiger partial charge in [-0.25, -0.2) is 4.79 Å². The van der Waals surface area contributed by atoms with Crippen LogP contribution in [0.4, 0.5) is 4.79 Å². The molecule has 0 spiro atoms. The molecular weight excluding hydrogens is 266 g/mol. The average Bonchev–Trinajstić information content (AvgIpc) is 2.59. The Morgan fingerprint density at radius 2 is 2.15 bits per heavy atom. The Hall–Kier alpha value is -1.19. The number of aliphatic hydroxyl groups excluding tert-OH is 2. The van der Waals surface area contributed by atoms with Gasteiger partial charge in [-0.2, -0.15) is 0 Å². The number of nitrogens with two attached hydrogens (primary N) is 1. The van der Waals surface area contributed by atoms with Gasteiger partial charge >= 0.3 is 6.03 Å². The highest BCUT2D eigenvalue weighted by molar-refractivity contribution is 5.77. The molecule has 20 heavy (non-hydrogen) atoms. The standard InChI is InChI=1S/C12H21N3O5/c1-6(16)8-9(17)12(2,19)10(20-8)15-5-4-7(13)14(3)11(15)18/h4-10,16-17,19H,13H2,1-3H3. The quantitative estimate of drug-likeness (QED) is 0.484. The van der Waals surface area contributed by atoms with Crippen molar-refractivity contribution >= 4 is 6.03 Å². The summed E-state index contributed by atoms with van der Waals surface area (Å²) in [5.74, 6) is 0. The monoisotopic (exact) mass is 287 g/mol. The molecule has 0 aromatic heterocycles. The molecule has 0 radical (unpaired) electrons.